The molecule has 1 unspecified atom stereocenters. The lowest BCUT2D eigenvalue weighted by atomic mass is 10.0. The van der Waals surface area contributed by atoms with E-state index in [1.54, 1.807) is 6.07 Å². The van der Waals surface area contributed by atoms with Crippen LogP contribution in [0.25, 0.3) is 0 Å². The highest BCUT2D eigenvalue weighted by Crippen LogP contribution is 2.16. The molecule has 0 fully saturated rings. The summed E-state index contributed by atoms with van der Waals surface area (Å²) >= 11 is 5.54. The molecule has 0 aliphatic carbocycles. The molecular weight excluding hydrogens is 229 g/mol. The predicted molar refractivity (Wildman–Crippen MR) is 63.0 cm³/mol. The number of nitrogens with two attached hydrogens (primary N) is 1. The molecule has 0 heterocycles. The van der Waals surface area contributed by atoms with Crippen molar-refractivity contribution in [2.75, 3.05) is 0 Å². The van der Waals surface area contributed by atoms with Crippen LogP contribution < -0.4 is 5.73 Å². The number of hydrogen-bond donors (Lipinski definition) is 1. The van der Waals surface area contributed by atoms with E-state index in [1.807, 2.05) is 6.92 Å². The van der Waals surface area contributed by atoms with E-state index >= 15 is 0 Å². The molecule has 2 nitrogen and oxygen atoms in total. The summed E-state index contributed by atoms with van der Waals surface area (Å²) in [7, 11) is 0. The van der Waals surface area contributed by atoms with Crippen LogP contribution in [0, 0.1) is 5.82 Å². The average molecular weight is 244 g/mol. The summed E-state index contributed by atoms with van der Waals surface area (Å²) in [6, 6.07) is 4.29. The number of rotatable bonds is 5. The highest BCUT2D eigenvalue weighted by molar-refractivity contribution is 6.30. The van der Waals surface area contributed by atoms with Gasteiger partial charge in [0.25, 0.3) is 0 Å². The zero-order chi connectivity index (χ0) is 12.1. The number of ketones is 1. The first kappa shape index (κ1) is 13.1. The molecule has 16 heavy (non-hydrogen) atoms. The van der Waals surface area contributed by atoms with Crippen molar-refractivity contribution in [3.8, 4) is 0 Å². The van der Waals surface area contributed by atoms with Crippen molar-refractivity contribution >= 4 is 17.4 Å². The van der Waals surface area contributed by atoms with Crippen LogP contribution in [0.5, 0.6) is 0 Å². The quantitative estimate of drug-likeness (QED) is 0.864. The number of halogens is 2. The van der Waals surface area contributed by atoms with E-state index in [4.69, 9.17) is 17.3 Å². The van der Waals surface area contributed by atoms with Crippen molar-refractivity contribution in [2.24, 2.45) is 5.73 Å². The summed E-state index contributed by atoms with van der Waals surface area (Å²) in [6.07, 6.45) is 1.31. The molecule has 0 amide bonds. The summed E-state index contributed by atoms with van der Waals surface area (Å²) in [5.41, 5.74) is 6.30. The first-order valence-corrected chi connectivity index (χ1v) is 5.62. The van der Waals surface area contributed by atoms with Crippen molar-refractivity contribution in [3.05, 3.63) is 34.6 Å². The van der Waals surface area contributed by atoms with Crippen LogP contribution in [0.15, 0.2) is 18.2 Å². The number of hydrogen-bond acceptors (Lipinski definition) is 2. The fourth-order valence-corrected chi connectivity index (χ4v) is 1.50. The minimum Gasteiger partial charge on any atom is -0.327 e. The van der Waals surface area contributed by atoms with Crippen molar-refractivity contribution in [1.82, 2.24) is 0 Å². The molecule has 1 aromatic carbocycles. The van der Waals surface area contributed by atoms with Gasteiger partial charge in [0.2, 0.25) is 0 Å². The predicted octanol–water partition coefficient (Wildman–Crippen LogP) is 2.72. The van der Waals surface area contributed by atoms with Gasteiger partial charge in [-0.05, 0) is 24.1 Å². The Hall–Kier alpha value is -0.930. The molecule has 1 aromatic rings. The smallest absolute Gasteiger partial charge is 0.142 e. The van der Waals surface area contributed by atoms with Crippen molar-refractivity contribution < 1.29 is 9.18 Å². The lowest BCUT2D eigenvalue weighted by molar-refractivity contribution is -0.118. The molecule has 0 aliphatic rings. The first-order chi connectivity index (χ1) is 7.52. The molecule has 4 heteroatoms. The molecule has 88 valence electrons. The Morgan fingerprint density at radius 3 is 2.81 bits per heavy atom. The maximum atomic E-state index is 13.1. The maximum Gasteiger partial charge on any atom is 0.142 e. The number of carbonyl (C=O) groups is 1. The monoisotopic (exact) mass is 243 g/mol. The third-order valence-corrected chi connectivity index (χ3v) is 2.71. The molecule has 1 atom stereocenters. The summed E-state index contributed by atoms with van der Waals surface area (Å²) in [6.45, 7) is 1.93. The van der Waals surface area contributed by atoms with Gasteiger partial charge in [0.15, 0.2) is 0 Å². The molecule has 0 bridgehead atoms. The SMILES string of the molecule is CCC(N)CC(=O)Cc1ccc(Cl)c(F)c1. The first-order valence-electron chi connectivity index (χ1n) is 5.24. The Morgan fingerprint density at radius 2 is 2.25 bits per heavy atom. The Balaban J connectivity index is 2.59. The van der Waals surface area contributed by atoms with Crippen LogP contribution >= 0.6 is 11.6 Å². The van der Waals surface area contributed by atoms with E-state index in [-0.39, 0.29) is 23.3 Å². The molecule has 0 saturated carbocycles. The van der Waals surface area contributed by atoms with Crippen LogP contribution in [-0.2, 0) is 11.2 Å². The Bertz CT molecular complexity index is 381. The molecule has 0 spiro atoms. The second-order valence-corrected chi connectivity index (χ2v) is 4.24. The molecule has 0 aliphatic heterocycles. The van der Waals surface area contributed by atoms with E-state index < -0.39 is 5.82 Å². The fourth-order valence-electron chi connectivity index (χ4n) is 1.39. The van der Waals surface area contributed by atoms with Gasteiger partial charge in [-0.1, -0.05) is 24.6 Å². The molecule has 2 N–H and O–H groups in total. The minimum atomic E-state index is -0.494. The van der Waals surface area contributed by atoms with E-state index in [9.17, 15) is 9.18 Å². The number of benzene rings is 1. The van der Waals surface area contributed by atoms with Crippen LogP contribution in [0.4, 0.5) is 4.39 Å². The summed E-state index contributed by atoms with van der Waals surface area (Å²) in [5, 5.41) is 0.0708. The van der Waals surface area contributed by atoms with Crippen LogP contribution in [0.2, 0.25) is 5.02 Å². The largest absolute Gasteiger partial charge is 0.327 e. The molecule has 0 radical (unpaired) electrons. The molecule has 0 saturated heterocycles. The Labute approximate surface area is 99.6 Å². The van der Waals surface area contributed by atoms with Gasteiger partial charge in [0, 0.05) is 18.9 Å². The Morgan fingerprint density at radius 1 is 1.56 bits per heavy atom. The van der Waals surface area contributed by atoms with E-state index in [0.29, 0.717) is 12.0 Å². The third kappa shape index (κ3) is 3.91. The summed E-state index contributed by atoms with van der Waals surface area (Å²) in [5.74, 6) is -0.470. The van der Waals surface area contributed by atoms with Crippen molar-refractivity contribution in [1.29, 1.82) is 0 Å². The van der Waals surface area contributed by atoms with Crippen LogP contribution in [0.3, 0.4) is 0 Å². The van der Waals surface area contributed by atoms with E-state index in [2.05, 4.69) is 0 Å². The van der Waals surface area contributed by atoms with E-state index in [0.717, 1.165) is 6.42 Å². The van der Waals surface area contributed by atoms with Gasteiger partial charge in [-0.2, -0.15) is 0 Å². The zero-order valence-electron chi connectivity index (χ0n) is 9.17. The lowest BCUT2D eigenvalue weighted by Crippen LogP contribution is -2.23. The van der Waals surface area contributed by atoms with Gasteiger partial charge in [0.1, 0.15) is 11.6 Å². The van der Waals surface area contributed by atoms with Gasteiger partial charge in [-0.15, -0.1) is 0 Å². The third-order valence-electron chi connectivity index (χ3n) is 2.40. The molecular formula is C12H15ClFNO. The average Bonchev–Trinajstić information content (AvgIpc) is 2.23. The summed E-state index contributed by atoms with van der Waals surface area (Å²) < 4.78 is 13.1. The Kier molecular flexibility index (Phi) is 4.90. The minimum absolute atomic E-state index is 0.0241. The number of Topliss-reactive ketones (excluding diaryl/α,β-unsaturated/α-hetero) is 1. The van der Waals surface area contributed by atoms with Gasteiger partial charge in [-0.3, -0.25) is 4.79 Å². The summed E-state index contributed by atoms with van der Waals surface area (Å²) in [4.78, 5) is 11.5. The second kappa shape index (κ2) is 5.97. The van der Waals surface area contributed by atoms with Crippen molar-refractivity contribution in [2.45, 2.75) is 32.2 Å². The normalized spacial score (nSPS) is 12.5. The van der Waals surface area contributed by atoms with Crippen molar-refractivity contribution in [3.63, 3.8) is 0 Å². The topological polar surface area (TPSA) is 43.1 Å². The standard InChI is InChI=1S/C12H15ClFNO/c1-2-9(15)7-10(16)5-8-3-4-11(13)12(14)6-8/h3-4,6,9H,2,5,7,15H2,1H3. The highest BCUT2D eigenvalue weighted by Gasteiger charge is 2.09. The maximum absolute atomic E-state index is 13.1. The van der Waals surface area contributed by atoms with Gasteiger partial charge in [0.05, 0.1) is 5.02 Å². The van der Waals surface area contributed by atoms with Crippen LogP contribution in [-0.4, -0.2) is 11.8 Å². The zero-order valence-corrected chi connectivity index (χ0v) is 9.93. The van der Waals surface area contributed by atoms with Gasteiger partial charge >= 0.3 is 0 Å². The van der Waals surface area contributed by atoms with Crippen LogP contribution in [0.1, 0.15) is 25.3 Å². The van der Waals surface area contributed by atoms with Gasteiger partial charge < -0.3 is 5.73 Å². The fraction of sp³-hybridized carbons (Fsp3) is 0.417. The lowest BCUT2D eigenvalue weighted by Gasteiger charge is -2.07. The second-order valence-electron chi connectivity index (χ2n) is 3.84. The highest BCUT2D eigenvalue weighted by atomic mass is 35.5. The van der Waals surface area contributed by atoms with E-state index in [1.165, 1.54) is 12.1 Å². The molecule has 1 rings (SSSR count). The molecule has 0 aromatic heterocycles. The number of carbonyl (C=O) groups excluding carboxylic acids is 1. The van der Waals surface area contributed by atoms with Gasteiger partial charge in [-0.25, -0.2) is 4.39 Å².